The number of rotatable bonds is 6. The van der Waals surface area contributed by atoms with Crippen molar-refractivity contribution in [1.29, 1.82) is 0 Å². The second kappa shape index (κ2) is 10.1. The average molecular weight is 394 g/mol. The fraction of sp³-hybridized carbons (Fsp3) is 0.417. The number of amides is 3. The van der Waals surface area contributed by atoms with Crippen LogP contribution in [0, 0.1) is 0 Å². The summed E-state index contributed by atoms with van der Waals surface area (Å²) in [7, 11) is 0. The van der Waals surface area contributed by atoms with Gasteiger partial charge in [-0.2, -0.15) is 0 Å². The van der Waals surface area contributed by atoms with Gasteiger partial charge >= 0.3 is 6.03 Å². The Morgan fingerprint density at radius 2 is 1.48 bits per heavy atom. The summed E-state index contributed by atoms with van der Waals surface area (Å²) in [5.74, 6) is 0.689. The lowest BCUT2D eigenvalue weighted by molar-refractivity contribution is -0.132. The zero-order valence-corrected chi connectivity index (χ0v) is 17.4. The molecule has 1 saturated heterocycles. The van der Waals surface area contributed by atoms with Crippen LogP contribution in [-0.4, -0.2) is 47.9 Å². The number of carbonyl (C=O) groups is 2. The van der Waals surface area contributed by atoms with E-state index in [0.29, 0.717) is 45.1 Å². The molecule has 0 radical (unpaired) electrons. The van der Waals surface area contributed by atoms with Crippen molar-refractivity contribution in [2.75, 3.05) is 26.2 Å². The van der Waals surface area contributed by atoms with Crippen LogP contribution in [0.1, 0.15) is 42.9 Å². The predicted molar refractivity (Wildman–Crippen MR) is 116 cm³/mol. The Kier molecular flexibility index (Phi) is 7.28. The van der Waals surface area contributed by atoms with Crippen molar-refractivity contribution < 1.29 is 9.59 Å². The van der Waals surface area contributed by atoms with Crippen LogP contribution < -0.4 is 5.32 Å². The van der Waals surface area contributed by atoms with Gasteiger partial charge in [-0.1, -0.05) is 68.4 Å². The summed E-state index contributed by atoms with van der Waals surface area (Å²) in [6.45, 7) is 7.24. The van der Waals surface area contributed by atoms with Crippen molar-refractivity contribution in [2.45, 2.75) is 39.2 Å². The molecule has 0 spiro atoms. The van der Waals surface area contributed by atoms with Gasteiger partial charge in [-0.25, -0.2) is 4.79 Å². The van der Waals surface area contributed by atoms with Crippen molar-refractivity contribution in [3.63, 3.8) is 0 Å². The minimum Gasteiger partial charge on any atom is -0.339 e. The van der Waals surface area contributed by atoms with Crippen molar-refractivity contribution in [2.24, 2.45) is 0 Å². The molecule has 2 aromatic rings. The molecule has 29 heavy (non-hydrogen) atoms. The lowest BCUT2D eigenvalue weighted by Gasteiger charge is -2.34. The molecule has 2 aromatic carbocycles. The molecule has 1 heterocycles. The number of carbonyl (C=O) groups excluding carboxylic acids is 2. The van der Waals surface area contributed by atoms with E-state index in [1.165, 1.54) is 11.1 Å². The van der Waals surface area contributed by atoms with Gasteiger partial charge in [-0.05, 0) is 29.0 Å². The van der Waals surface area contributed by atoms with E-state index in [9.17, 15) is 9.59 Å². The van der Waals surface area contributed by atoms with Crippen molar-refractivity contribution >= 4 is 11.9 Å². The Labute approximate surface area is 173 Å². The third kappa shape index (κ3) is 6.08. The number of piperazine rings is 1. The van der Waals surface area contributed by atoms with Crippen LogP contribution in [0.25, 0.3) is 0 Å². The first-order valence-electron chi connectivity index (χ1n) is 10.5. The molecule has 0 aromatic heterocycles. The Bertz CT molecular complexity index is 795. The SMILES string of the molecule is CC(C)c1ccc(CCC(=O)N2CCN(C(=O)NCc3ccccc3)CC2)cc1. The summed E-state index contributed by atoms with van der Waals surface area (Å²) >= 11 is 0. The highest BCUT2D eigenvalue weighted by molar-refractivity contribution is 5.78. The largest absolute Gasteiger partial charge is 0.339 e. The van der Waals surface area contributed by atoms with E-state index in [-0.39, 0.29) is 11.9 Å². The smallest absolute Gasteiger partial charge is 0.317 e. The maximum Gasteiger partial charge on any atom is 0.317 e. The van der Waals surface area contributed by atoms with E-state index in [1.54, 1.807) is 4.90 Å². The van der Waals surface area contributed by atoms with Gasteiger partial charge in [0.1, 0.15) is 0 Å². The number of nitrogens with one attached hydrogen (secondary N) is 1. The zero-order chi connectivity index (χ0) is 20.6. The Balaban J connectivity index is 1.39. The number of urea groups is 1. The quantitative estimate of drug-likeness (QED) is 0.812. The lowest BCUT2D eigenvalue weighted by Crippen LogP contribution is -2.53. The highest BCUT2D eigenvalue weighted by Crippen LogP contribution is 2.16. The first kappa shape index (κ1) is 20.9. The van der Waals surface area contributed by atoms with E-state index >= 15 is 0 Å². The van der Waals surface area contributed by atoms with E-state index < -0.39 is 0 Å². The second-order valence-electron chi connectivity index (χ2n) is 7.91. The molecule has 1 aliphatic rings. The topological polar surface area (TPSA) is 52.7 Å². The third-order valence-corrected chi connectivity index (χ3v) is 5.48. The first-order chi connectivity index (χ1) is 14.0. The fourth-order valence-corrected chi connectivity index (χ4v) is 3.52. The number of nitrogens with zero attached hydrogens (tertiary/aromatic N) is 2. The number of hydrogen-bond donors (Lipinski definition) is 1. The summed E-state index contributed by atoms with van der Waals surface area (Å²) in [5.41, 5.74) is 3.60. The van der Waals surface area contributed by atoms with Gasteiger partial charge in [0.15, 0.2) is 0 Å². The van der Waals surface area contributed by atoms with Gasteiger partial charge in [0.2, 0.25) is 5.91 Å². The minimum atomic E-state index is -0.0637. The lowest BCUT2D eigenvalue weighted by atomic mass is 10.00. The second-order valence-corrected chi connectivity index (χ2v) is 7.91. The minimum absolute atomic E-state index is 0.0637. The van der Waals surface area contributed by atoms with Crippen molar-refractivity contribution in [3.8, 4) is 0 Å². The fourth-order valence-electron chi connectivity index (χ4n) is 3.52. The van der Waals surface area contributed by atoms with E-state index in [1.807, 2.05) is 35.2 Å². The van der Waals surface area contributed by atoms with Crippen LogP contribution in [0.4, 0.5) is 4.79 Å². The molecule has 5 heteroatoms. The van der Waals surface area contributed by atoms with Gasteiger partial charge in [0.05, 0.1) is 0 Å². The highest BCUT2D eigenvalue weighted by atomic mass is 16.2. The number of hydrogen-bond acceptors (Lipinski definition) is 2. The molecule has 1 aliphatic heterocycles. The van der Waals surface area contributed by atoms with Crippen molar-refractivity contribution in [1.82, 2.24) is 15.1 Å². The normalized spacial score (nSPS) is 14.2. The average Bonchev–Trinajstić information content (AvgIpc) is 2.77. The standard InChI is InChI=1S/C24H31N3O2/c1-19(2)22-11-8-20(9-12-22)10-13-23(28)26-14-16-27(17-15-26)24(29)25-18-21-6-4-3-5-7-21/h3-9,11-12,19H,10,13-18H2,1-2H3,(H,25,29). The molecule has 1 fully saturated rings. The van der Waals surface area contributed by atoms with Gasteiger partial charge in [-0.15, -0.1) is 0 Å². The summed E-state index contributed by atoms with van der Waals surface area (Å²) in [4.78, 5) is 28.6. The molecule has 0 saturated carbocycles. The van der Waals surface area contributed by atoms with Crippen LogP contribution >= 0.6 is 0 Å². The van der Waals surface area contributed by atoms with Crippen molar-refractivity contribution in [3.05, 3.63) is 71.3 Å². The summed E-state index contributed by atoms with van der Waals surface area (Å²) < 4.78 is 0. The highest BCUT2D eigenvalue weighted by Gasteiger charge is 2.23. The third-order valence-electron chi connectivity index (χ3n) is 5.48. The maximum absolute atomic E-state index is 12.5. The molecular formula is C24H31N3O2. The molecule has 0 aliphatic carbocycles. The summed E-state index contributed by atoms with van der Waals surface area (Å²) in [5, 5.41) is 2.96. The Morgan fingerprint density at radius 1 is 0.862 bits per heavy atom. The molecule has 5 nitrogen and oxygen atoms in total. The van der Waals surface area contributed by atoms with Crippen LogP contribution in [-0.2, 0) is 17.8 Å². The van der Waals surface area contributed by atoms with Crippen LogP contribution in [0.3, 0.4) is 0 Å². The molecule has 0 unspecified atom stereocenters. The van der Waals surface area contributed by atoms with Crippen LogP contribution in [0.5, 0.6) is 0 Å². The summed E-state index contributed by atoms with van der Waals surface area (Å²) in [6.07, 6.45) is 1.27. The first-order valence-corrected chi connectivity index (χ1v) is 10.5. The van der Waals surface area contributed by atoms with Crippen LogP contribution in [0.2, 0.25) is 0 Å². The molecule has 3 amide bonds. The Hall–Kier alpha value is -2.82. The molecule has 154 valence electrons. The van der Waals surface area contributed by atoms with E-state index in [4.69, 9.17) is 0 Å². The van der Waals surface area contributed by atoms with Gasteiger partial charge in [0.25, 0.3) is 0 Å². The zero-order valence-electron chi connectivity index (χ0n) is 17.4. The number of benzene rings is 2. The maximum atomic E-state index is 12.5. The van der Waals surface area contributed by atoms with Gasteiger partial charge < -0.3 is 15.1 Å². The molecular weight excluding hydrogens is 362 g/mol. The van der Waals surface area contributed by atoms with E-state index in [2.05, 4.69) is 43.4 Å². The van der Waals surface area contributed by atoms with Gasteiger partial charge in [-0.3, -0.25) is 4.79 Å². The monoisotopic (exact) mass is 393 g/mol. The summed E-state index contributed by atoms with van der Waals surface area (Å²) in [6, 6.07) is 18.4. The predicted octanol–water partition coefficient (Wildman–Crippen LogP) is 3.80. The molecule has 1 N–H and O–H groups in total. The Morgan fingerprint density at radius 3 is 2.10 bits per heavy atom. The number of aryl methyl sites for hydroxylation is 1. The molecule has 0 bridgehead atoms. The molecule has 0 atom stereocenters. The van der Waals surface area contributed by atoms with Crippen LogP contribution in [0.15, 0.2) is 54.6 Å². The van der Waals surface area contributed by atoms with Gasteiger partial charge in [0, 0.05) is 39.1 Å². The molecule has 3 rings (SSSR count). The van der Waals surface area contributed by atoms with E-state index in [0.717, 1.165) is 12.0 Å².